The average molecular weight is 250 g/mol. The second-order valence-electron chi connectivity index (χ2n) is 5.66. The van der Waals surface area contributed by atoms with Crippen LogP contribution in [0.4, 0.5) is 0 Å². The molecule has 0 fully saturated rings. The lowest BCUT2D eigenvalue weighted by atomic mass is 10.0. The highest BCUT2D eigenvalue weighted by Gasteiger charge is 2.16. The molecule has 0 bridgehead atoms. The van der Waals surface area contributed by atoms with Crippen molar-refractivity contribution in [3.05, 3.63) is 28.8 Å². The van der Waals surface area contributed by atoms with Gasteiger partial charge in [0.1, 0.15) is 11.4 Å². The molecule has 0 amide bonds. The van der Waals surface area contributed by atoms with Crippen LogP contribution in [0.2, 0.25) is 0 Å². The molecule has 1 rings (SSSR count). The van der Waals surface area contributed by atoms with E-state index in [4.69, 9.17) is 4.74 Å². The maximum absolute atomic E-state index is 11.6. The van der Waals surface area contributed by atoms with Crippen LogP contribution >= 0.6 is 0 Å². The van der Waals surface area contributed by atoms with Crippen LogP contribution in [-0.4, -0.2) is 16.7 Å². The molecule has 0 aliphatic carbocycles. The standard InChI is InChI=1S/C15H22O3/c1-10-8-12(9-11(2)14(10)17)6-7-13(16)18-15(3,4)5/h8-9,17H,6-7H2,1-5H3. The molecule has 0 aromatic heterocycles. The topological polar surface area (TPSA) is 46.5 Å². The zero-order valence-corrected chi connectivity index (χ0v) is 11.8. The fourth-order valence-corrected chi connectivity index (χ4v) is 1.83. The summed E-state index contributed by atoms with van der Waals surface area (Å²) in [5.41, 5.74) is 2.30. The normalized spacial score (nSPS) is 11.4. The van der Waals surface area contributed by atoms with Gasteiger partial charge >= 0.3 is 5.97 Å². The van der Waals surface area contributed by atoms with Crippen molar-refractivity contribution >= 4 is 5.97 Å². The molecule has 18 heavy (non-hydrogen) atoms. The summed E-state index contributed by atoms with van der Waals surface area (Å²) in [6.07, 6.45) is 0.998. The van der Waals surface area contributed by atoms with Gasteiger partial charge in [0.25, 0.3) is 0 Å². The third kappa shape index (κ3) is 4.40. The maximum Gasteiger partial charge on any atom is 0.306 e. The van der Waals surface area contributed by atoms with Crippen LogP contribution < -0.4 is 0 Å². The smallest absolute Gasteiger partial charge is 0.306 e. The fourth-order valence-electron chi connectivity index (χ4n) is 1.83. The van der Waals surface area contributed by atoms with Crippen LogP contribution in [0.5, 0.6) is 5.75 Å². The van der Waals surface area contributed by atoms with Crippen molar-refractivity contribution in [2.75, 3.05) is 0 Å². The molecular formula is C15H22O3. The van der Waals surface area contributed by atoms with Crippen molar-refractivity contribution in [1.82, 2.24) is 0 Å². The van der Waals surface area contributed by atoms with E-state index in [1.54, 1.807) is 0 Å². The minimum absolute atomic E-state index is 0.189. The minimum Gasteiger partial charge on any atom is -0.507 e. The van der Waals surface area contributed by atoms with Gasteiger partial charge in [-0.05, 0) is 57.7 Å². The Kier molecular flexibility index (Phi) is 4.38. The summed E-state index contributed by atoms with van der Waals surface area (Å²) < 4.78 is 5.26. The number of benzene rings is 1. The number of ether oxygens (including phenoxy) is 1. The summed E-state index contributed by atoms with van der Waals surface area (Å²) in [4.78, 5) is 11.6. The number of esters is 1. The van der Waals surface area contributed by atoms with Gasteiger partial charge in [-0.1, -0.05) is 12.1 Å². The Hall–Kier alpha value is -1.51. The Morgan fingerprint density at radius 2 is 1.72 bits per heavy atom. The van der Waals surface area contributed by atoms with Crippen molar-refractivity contribution in [2.45, 2.75) is 53.1 Å². The SMILES string of the molecule is Cc1cc(CCC(=O)OC(C)(C)C)cc(C)c1O. The Balaban J connectivity index is 2.62. The Bertz CT molecular complexity index is 419. The van der Waals surface area contributed by atoms with Crippen LogP contribution in [0.15, 0.2) is 12.1 Å². The Labute approximate surface area is 109 Å². The van der Waals surface area contributed by atoms with E-state index < -0.39 is 5.60 Å². The van der Waals surface area contributed by atoms with E-state index in [1.165, 1.54) is 0 Å². The second kappa shape index (κ2) is 5.42. The summed E-state index contributed by atoms with van der Waals surface area (Å²) in [5, 5.41) is 9.67. The summed E-state index contributed by atoms with van der Waals surface area (Å²) in [6.45, 7) is 9.30. The Morgan fingerprint density at radius 1 is 1.22 bits per heavy atom. The van der Waals surface area contributed by atoms with Crippen LogP contribution in [0.1, 0.15) is 43.9 Å². The number of carbonyl (C=O) groups is 1. The van der Waals surface area contributed by atoms with E-state index >= 15 is 0 Å². The highest BCUT2D eigenvalue weighted by Crippen LogP contribution is 2.23. The van der Waals surface area contributed by atoms with E-state index in [0.717, 1.165) is 16.7 Å². The summed E-state index contributed by atoms with van der Waals surface area (Å²) in [7, 11) is 0. The van der Waals surface area contributed by atoms with E-state index in [0.29, 0.717) is 18.6 Å². The summed E-state index contributed by atoms with van der Waals surface area (Å²) in [6, 6.07) is 3.82. The average Bonchev–Trinajstić information content (AvgIpc) is 2.20. The van der Waals surface area contributed by atoms with Gasteiger partial charge in [-0.25, -0.2) is 0 Å². The van der Waals surface area contributed by atoms with Gasteiger partial charge in [0.15, 0.2) is 0 Å². The molecule has 0 radical (unpaired) electrons. The van der Waals surface area contributed by atoms with Crippen LogP contribution in [0, 0.1) is 13.8 Å². The minimum atomic E-state index is -0.433. The lowest BCUT2D eigenvalue weighted by Crippen LogP contribution is -2.24. The molecule has 0 atom stereocenters. The Morgan fingerprint density at radius 3 is 2.17 bits per heavy atom. The molecule has 0 saturated carbocycles. The van der Waals surface area contributed by atoms with Crippen LogP contribution in [0.3, 0.4) is 0 Å². The molecule has 3 heteroatoms. The third-order valence-electron chi connectivity index (χ3n) is 2.59. The molecule has 1 aromatic carbocycles. The number of phenolic OH excluding ortho intramolecular Hbond substituents is 1. The summed E-state index contributed by atoms with van der Waals surface area (Å²) >= 11 is 0. The van der Waals surface area contributed by atoms with Gasteiger partial charge in [0, 0.05) is 6.42 Å². The van der Waals surface area contributed by atoms with E-state index in [1.807, 2.05) is 46.8 Å². The van der Waals surface area contributed by atoms with Gasteiger partial charge in [-0.2, -0.15) is 0 Å². The predicted molar refractivity (Wildman–Crippen MR) is 71.7 cm³/mol. The molecule has 0 aliphatic rings. The van der Waals surface area contributed by atoms with Gasteiger partial charge in [-0.15, -0.1) is 0 Å². The lowest BCUT2D eigenvalue weighted by Gasteiger charge is -2.19. The highest BCUT2D eigenvalue weighted by atomic mass is 16.6. The first-order valence-electron chi connectivity index (χ1n) is 6.20. The van der Waals surface area contributed by atoms with Crippen molar-refractivity contribution in [3.63, 3.8) is 0 Å². The van der Waals surface area contributed by atoms with Crippen molar-refractivity contribution in [1.29, 1.82) is 0 Å². The van der Waals surface area contributed by atoms with Gasteiger partial charge in [-0.3, -0.25) is 4.79 Å². The largest absolute Gasteiger partial charge is 0.507 e. The molecule has 0 spiro atoms. The summed E-state index contributed by atoms with van der Waals surface area (Å²) in [5.74, 6) is 0.141. The lowest BCUT2D eigenvalue weighted by molar-refractivity contribution is -0.154. The van der Waals surface area contributed by atoms with E-state index in [9.17, 15) is 9.90 Å². The number of hydrogen-bond acceptors (Lipinski definition) is 3. The highest BCUT2D eigenvalue weighted by molar-refractivity contribution is 5.70. The zero-order valence-electron chi connectivity index (χ0n) is 11.8. The second-order valence-corrected chi connectivity index (χ2v) is 5.66. The fraction of sp³-hybridized carbons (Fsp3) is 0.533. The molecule has 100 valence electrons. The van der Waals surface area contributed by atoms with Gasteiger partial charge in [0.2, 0.25) is 0 Å². The molecule has 0 saturated heterocycles. The van der Waals surface area contributed by atoms with Crippen molar-refractivity contribution < 1.29 is 14.6 Å². The third-order valence-corrected chi connectivity index (χ3v) is 2.59. The first-order chi connectivity index (χ1) is 8.19. The molecule has 0 heterocycles. The molecular weight excluding hydrogens is 228 g/mol. The number of aromatic hydroxyl groups is 1. The molecule has 3 nitrogen and oxygen atoms in total. The molecule has 1 aromatic rings. The van der Waals surface area contributed by atoms with Crippen molar-refractivity contribution in [3.8, 4) is 5.75 Å². The van der Waals surface area contributed by atoms with Crippen molar-refractivity contribution in [2.24, 2.45) is 0 Å². The molecule has 1 N–H and O–H groups in total. The molecule has 0 aliphatic heterocycles. The van der Waals surface area contributed by atoms with Crippen LogP contribution in [-0.2, 0) is 16.0 Å². The van der Waals surface area contributed by atoms with E-state index in [2.05, 4.69) is 0 Å². The first kappa shape index (κ1) is 14.6. The number of phenols is 1. The zero-order chi connectivity index (χ0) is 13.9. The van der Waals surface area contributed by atoms with E-state index in [-0.39, 0.29) is 5.97 Å². The monoisotopic (exact) mass is 250 g/mol. The number of aryl methyl sites for hydroxylation is 3. The number of rotatable bonds is 3. The quantitative estimate of drug-likeness (QED) is 0.837. The number of hydrogen-bond donors (Lipinski definition) is 1. The van der Waals surface area contributed by atoms with Crippen LogP contribution in [0.25, 0.3) is 0 Å². The molecule has 0 unspecified atom stereocenters. The number of carbonyl (C=O) groups excluding carboxylic acids is 1. The predicted octanol–water partition coefficient (Wildman–Crippen LogP) is 3.28. The van der Waals surface area contributed by atoms with Gasteiger partial charge < -0.3 is 9.84 Å². The van der Waals surface area contributed by atoms with Gasteiger partial charge in [0.05, 0.1) is 0 Å². The maximum atomic E-state index is 11.6. The first-order valence-corrected chi connectivity index (χ1v) is 6.20.